The molecule has 0 amide bonds. The van der Waals surface area contributed by atoms with E-state index < -0.39 is 6.10 Å². The van der Waals surface area contributed by atoms with Gasteiger partial charge in [0.2, 0.25) is 0 Å². The molecule has 1 aliphatic heterocycles. The quantitative estimate of drug-likeness (QED) is 0.402. The average molecular weight is 523 g/mol. The van der Waals surface area contributed by atoms with Gasteiger partial charge in [-0.25, -0.2) is 0 Å². The minimum atomic E-state index is -0.869. The Morgan fingerprint density at radius 3 is 1.95 bits per heavy atom. The molecule has 4 rings (SSSR count). The summed E-state index contributed by atoms with van der Waals surface area (Å²) in [6, 6.07) is 17.5. The van der Waals surface area contributed by atoms with Crippen LogP contribution in [0.3, 0.4) is 0 Å². The van der Waals surface area contributed by atoms with Gasteiger partial charge in [0, 0.05) is 32.7 Å². The predicted octanol–water partition coefficient (Wildman–Crippen LogP) is 4.18. The van der Waals surface area contributed by atoms with Crippen molar-refractivity contribution in [2.24, 2.45) is 0 Å². The molecule has 1 fully saturated rings. The molecule has 1 atom stereocenters. The molecule has 1 heterocycles. The van der Waals surface area contributed by atoms with Crippen molar-refractivity contribution in [1.29, 1.82) is 0 Å². The minimum Gasteiger partial charge on any atom is -0.495 e. The summed E-state index contributed by atoms with van der Waals surface area (Å²) in [5.74, 6) is 3.31. The molecular weight excluding hydrogens is 484 g/mol. The van der Waals surface area contributed by atoms with Gasteiger partial charge in [-0.15, -0.1) is 0 Å². The van der Waals surface area contributed by atoms with Crippen LogP contribution in [0.25, 0.3) is 0 Å². The van der Waals surface area contributed by atoms with E-state index in [9.17, 15) is 5.11 Å². The van der Waals surface area contributed by atoms with Gasteiger partial charge < -0.3 is 33.7 Å². The minimum absolute atomic E-state index is 0.569. The first-order valence-corrected chi connectivity index (χ1v) is 12.8. The Kier molecular flexibility index (Phi) is 9.20. The van der Waals surface area contributed by atoms with Crippen molar-refractivity contribution in [2.75, 3.05) is 73.2 Å². The molecule has 0 spiro atoms. The molecule has 3 aromatic rings. The van der Waals surface area contributed by atoms with E-state index in [1.165, 1.54) is 0 Å². The maximum absolute atomic E-state index is 11.5. The molecule has 0 aliphatic carbocycles. The summed E-state index contributed by atoms with van der Waals surface area (Å²) in [6.45, 7) is 4.60. The van der Waals surface area contributed by atoms with Crippen molar-refractivity contribution in [3.8, 4) is 28.7 Å². The summed E-state index contributed by atoms with van der Waals surface area (Å²) >= 11 is 0. The van der Waals surface area contributed by atoms with Crippen LogP contribution in [0.5, 0.6) is 28.7 Å². The van der Waals surface area contributed by atoms with Crippen molar-refractivity contribution in [3.05, 3.63) is 71.3 Å². The first kappa shape index (κ1) is 27.4. The molecule has 8 nitrogen and oxygen atoms in total. The van der Waals surface area contributed by atoms with Crippen LogP contribution < -0.4 is 28.6 Å². The number of anilines is 1. The highest BCUT2D eigenvalue weighted by atomic mass is 16.5. The molecule has 38 heavy (non-hydrogen) atoms. The first-order valence-electron chi connectivity index (χ1n) is 12.8. The molecule has 8 heteroatoms. The van der Waals surface area contributed by atoms with Crippen LogP contribution >= 0.6 is 0 Å². The number of hydrogen-bond donors (Lipinski definition) is 1. The Labute approximate surface area is 225 Å². The Morgan fingerprint density at radius 2 is 1.29 bits per heavy atom. The highest BCUT2D eigenvalue weighted by Gasteiger charge is 2.23. The molecule has 1 saturated heterocycles. The number of methoxy groups -OCH3 is 5. The van der Waals surface area contributed by atoms with Gasteiger partial charge in [-0.1, -0.05) is 18.2 Å². The zero-order valence-electron chi connectivity index (χ0n) is 22.9. The number of aliphatic hydroxyl groups is 1. The second-order valence-electron chi connectivity index (χ2n) is 9.17. The van der Waals surface area contributed by atoms with Gasteiger partial charge in [-0.2, -0.15) is 0 Å². The summed E-state index contributed by atoms with van der Waals surface area (Å²) in [6.07, 6.45) is -0.110. The molecular formula is C30H38N2O6. The molecule has 1 aliphatic rings. The first-order chi connectivity index (χ1) is 18.5. The van der Waals surface area contributed by atoms with E-state index in [-0.39, 0.29) is 0 Å². The Balaban J connectivity index is 1.52. The molecule has 3 aromatic carbocycles. The number of piperazine rings is 1. The van der Waals surface area contributed by atoms with E-state index in [4.69, 9.17) is 23.7 Å². The van der Waals surface area contributed by atoms with E-state index in [0.717, 1.165) is 61.7 Å². The van der Waals surface area contributed by atoms with E-state index >= 15 is 0 Å². The Bertz CT molecular complexity index is 1210. The normalized spacial score (nSPS) is 14.6. The van der Waals surface area contributed by atoms with E-state index in [2.05, 4.69) is 15.9 Å². The number of aliphatic hydroxyl groups excluding tert-OH is 1. The van der Waals surface area contributed by atoms with Crippen LogP contribution in [0.15, 0.2) is 54.6 Å². The van der Waals surface area contributed by atoms with Gasteiger partial charge in [-0.3, -0.25) is 4.90 Å². The molecule has 0 bridgehead atoms. The van der Waals surface area contributed by atoms with E-state index in [0.29, 0.717) is 28.6 Å². The topological polar surface area (TPSA) is 72.9 Å². The van der Waals surface area contributed by atoms with Crippen LogP contribution in [0, 0.1) is 0 Å². The molecule has 0 radical (unpaired) electrons. The number of para-hydroxylation sites is 2. The Hall–Kier alpha value is -3.62. The zero-order chi connectivity index (χ0) is 27.1. The summed E-state index contributed by atoms with van der Waals surface area (Å²) < 4.78 is 27.5. The second kappa shape index (κ2) is 12.8. The standard InChI is InChI=1S/C30H38N2O6/c1-34-25-9-7-6-8-24(25)32-16-14-31(15-17-32)13-12-21-18-28(37-4)29(38-5)20-23(21)30(33)22-10-11-26(35-2)27(19-22)36-3/h6-11,18-20,30,33H,12-17H2,1-5H3. The van der Waals surface area contributed by atoms with Gasteiger partial charge in [0.05, 0.1) is 41.2 Å². The number of ether oxygens (including phenoxy) is 5. The number of nitrogens with zero attached hydrogens (tertiary/aromatic N) is 2. The summed E-state index contributed by atoms with van der Waals surface area (Å²) in [4.78, 5) is 4.83. The van der Waals surface area contributed by atoms with Gasteiger partial charge in [-0.05, 0) is 59.5 Å². The van der Waals surface area contributed by atoms with Crippen LogP contribution in [0.4, 0.5) is 5.69 Å². The van der Waals surface area contributed by atoms with Crippen molar-refractivity contribution in [2.45, 2.75) is 12.5 Å². The zero-order valence-corrected chi connectivity index (χ0v) is 22.9. The third-order valence-electron chi connectivity index (χ3n) is 7.16. The van der Waals surface area contributed by atoms with Crippen molar-refractivity contribution in [1.82, 2.24) is 4.90 Å². The fraction of sp³-hybridized carbons (Fsp3) is 0.400. The lowest BCUT2D eigenvalue weighted by Crippen LogP contribution is -2.47. The summed E-state index contributed by atoms with van der Waals surface area (Å²) in [5, 5.41) is 11.5. The van der Waals surface area contributed by atoms with Gasteiger partial charge in [0.1, 0.15) is 11.9 Å². The second-order valence-corrected chi connectivity index (χ2v) is 9.17. The molecule has 1 N–H and O–H groups in total. The lowest BCUT2D eigenvalue weighted by molar-refractivity contribution is 0.216. The maximum atomic E-state index is 11.5. The molecule has 0 saturated carbocycles. The number of benzene rings is 3. The predicted molar refractivity (Wildman–Crippen MR) is 149 cm³/mol. The smallest absolute Gasteiger partial charge is 0.161 e. The summed E-state index contributed by atoms with van der Waals surface area (Å²) in [7, 11) is 8.13. The Morgan fingerprint density at radius 1 is 0.684 bits per heavy atom. The van der Waals surface area contributed by atoms with Crippen LogP contribution in [-0.4, -0.2) is 78.3 Å². The highest BCUT2D eigenvalue weighted by Crippen LogP contribution is 2.38. The third-order valence-corrected chi connectivity index (χ3v) is 7.16. The highest BCUT2D eigenvalue weighted by molar-refractivity contribution is 5.58. The largest absolute Gasteiger partial charge is 0.495 e. The van der Waals surface area contributed by atoms with Gasteiger partial charge in [0.25, 0.3) is 0 Å². The fourth-order valence-corrected chi connectivity index (χ4v) is 4.99. The van der Waals surface area contributed by atoms with Gasteiger partial charge >= 0.3 is 0 Å². The molecule has 0 aromatic heterocycles. The lowest BCUT2D eigenvalue weighted by atomic mass is 9.94. The number of hydrogen-bond acceptors (Lipinski definition) is 8. The van der Waals surface area contributed by atoms with Crippen LogP contribution in [0.1, 0.15) is 22.8 Å². The lowest BCUT2D eigenvalue weighted by Gasteiger charge is -2.36. The SMILES string of the molecule is COc1ccc(C(O)c2cc(OC)c(OC)cc2CCN2CCN(c3ccccc3OC)CC2)cc1OC. The molecule has 204 valence electrons. The van der Waals surface area contributed by atoms with Crippen LogP contribution in [0.2, 0.25) is 0 Å². The summed E-state index contributed by atoms with van der Waals surface area (Å²) in [5.41, 5.74) is 3.64. The van der Waals surface area contributed by atoms with Crippen molar-refractivity contribution in [3.63, 3.8) is 0 Å². The third kappa shape index (κ3) is 5.92. The van der Waals surface area contributed by atoms with Crippen LogP contribution in [-0.2, 0) is 6.42 Å². The molecule has 1 unspecified atom stereocenters. The average Bonchev–Trinajstić information content (AvgIpc) is 2.98. The van der Waals surface area contributed by atoms with Crippen molar-refractivity contribution >= 4 is 5.69 Å². The van der Waals surface area contributed by atoms with Gasteiger partial charge in [0.15, 0.2) is 23.0 Å². The van der Waals surface area contributed by atoms with E-state index in [1.807, 2.05) is 36.4 Å². The van der Waals surface area contributed by atoms with E-state index in [1.54, 1.807) is 47.7 Å². The maximum Gasteiger partial charge on any atom is 0.161 e. The number of rotatable bonds is 11. The monoisotopic (exact) mass is 522 g/mol. The van der Waals surface area contributed by atoms with Crippen molar-refractivity contribution < 1.29 is 28.8 Å². The fourth-order valence-electron chi connectivity index (χ4n) is 4.99.